The van der Waals surface area contributed by atoms with E-state index in [1.54, 1.807) is 0 Å². The van der Waals surface area contributed by atoms with Gasteiger partial charge in [0.2, 0.25) is 0 Å². The van der Waals surface area contributed by atoms with Crippen molar-refractivity contribution < 1.29 is 9.47 Å². The maximum Gasteiger partial charge on any atom is 0.0437 e. The van der Waals surface area contributed by atoms with Gasteiger partial charge in [-0.1, -0.05) is 0 Å². The van der Waals surface area contributed by atoms with Crippen molar-refractivity contribution in [2.24, 2.45) is 0 Å². The van der Waals surface area contributed by atoms with Crippen LogP contribution in [0.1, 0.15) is 27.7 Å². The van der Waals surface area contributed by atoms with Crippen LogP contribution in [-0.4, -0.2) is 26.4 Å². The highest BCUT2D eigenvalue weighted by Gasteiger charge is 1.64. The van der Waals surface area contributed by atoms with Gasteiger partial charge >= 0.3 is 0 Å². The molecule has 0 heterocycles. The molecule has 0 unspecified atom stereocenters. The van der Waals surface area contributed by atoms with Gasteiger partial charge < -0.3 is 9.47 Å². The Morgan fingerprint density at radius 3 is 0.714 bits per heavy atom. The lowest BCUT2D eigenvalue weighted by Gasteiger charge is -1.86. The van der Waals surface area contributed by atoms with E-state index < -0.39 is 0 Å². The monoisotopic (exact) mass is 204 g/mol. The van der Waals surface area contributed by atoms with Crippen molar-refractivity contribution in [3.8, 4) is 0 Å². The predicted octanol–water partition coefficient (Wildman–Crippen LogP) is 3.69. The van der Waals surface area contributed by atoms with Gasteiger partial charge in [0, 0.05) is 26.4 Å². The van der Waals surface area contributed by atoms with E-state index in [2.05, 4.69) is 26.3 Å². The summed E-state index contributed by atoms with van der Waals surface area (Å²) in [5.74, 6) is 0. The Labute approximate surface area is 90.6 Å². The van der Waals surface area contributed by atoms with Gasteiger partial charge in [0.1, 0.15) is 0 Å². The fraction of sp³-hybridized carbons (Fsp3) is 0.667. The Kier molecular flexibility index (Phi) is 92.0. The zero-order chi connectivity index (χ0) is 12.2. The molecule has 0 aliphatic carbocycles. The van der Waals surface area contributed by atoms with E-state index in [9.17, 15) is 0 Å². The zero-order valence-corrected chi connectivity index (χ0v) is 10.5. The Hall–Kier alpha value is -0.600. The molecule has 2 nitrogen and oxygen atoms in total. The molecule has 0 aliphatic heterocycles. The molecule has 0 N–H and O–H groups in total. The van der Waals surface area contributed by atoms with Crippen LogP contribution in [0.3, 0.4) is 0 Å². The summed E-state index contributed by atoms with van der Waals surface area (Å²) < 4.78 is 9.67. The molecule has 0 spiro atoms. The van der Waals surface area contributed by atoms with E-state index in [0.29, 0.717) is 0 Å². The second kappa shape index (κ2) is 55.3. The number of rotatable bonds is 4. The van der Waals surface area contributed by atoms with Crippen molar-refractivity contribution in [3.63, 3.8) is 0 Å². The van der Waals surface area contributed by atoms with Crippen LogP contribution in [-0.2, 0) is 9.47 Å². The van der Waals surface area contributed by atoms with Gasteiger partial charge in [-0.3, -0.25) is 0 Å². The molecule has 0 aromatic heterocycles. The van der Waals surface area contributed by atoms with Crippen LogP contribution in [0.4, 0.5) is 0 Å². The molecule has 0 atom stereocenters. The zero-order valence-electron chi connectivity index (χ0n) is 10.5. The highest BCUT2D eigenvalue weighted by molar-refractivity contribution is 4.22. The molecular weight excluding hydrogens is 176 g/mol. The van der Waals surface area contributed by atoms with Crippen molar-refractivity contribution in [2.45, 2.75) is 27.7 Å². The van der Waals surface area contributed by atoms with Crippen molar-refractivity contribution in [3.05, 3.63) is 26.3 Å². The van der Waals surface area contributed by atoms with Gasteiger partial charge in [0.25, 0.3) is 0 Å². The normalized spacial score (nSPS) is 6.57. The van der Waals surface area contributed by atoms with Gasteiger partial charge in [0.05, 0.1) is 0 Å². The van der Waals surface area contributed by atoms with Crippen LogP contribution in [0.15, 0.2) is 26.3 Å². The maximum absolute atomic E-state index is 4.83. The van der Waals surface area contributed by atoms with Crippen LogP contribution >= 0.6 is 0 Å². The van der Waals surface area contributed by atoms with E-state index in [1.165, 1.54) is 0 Å². The van der Waals surface area contributed by atoms with Crippen molar-refractivity contribution in [2.75, 3.05) is 26.4 Å². The minimum Gasteiger partial charge on any atom is -0.382 e. The Morgan fingerprint density at radius 2 is 0.714 bits per heavy atom. The fourth-order valence-electron chi connectivity index (χ4n) is 0.408. The summed E-state index contributed by atoms with van der Waals surface area (Å²) in [6.07, 6.45) is 0. The predicted molar refractivity (Wildman–Crippen MR) is 66.8 cm³/mol. The molecule has 0 rings (SSSR count). The summed E-state index contributed by atoms with van der Waals surface area (Å²) in [5.41, 5.74) is 0. The van der Waals surface area contributed by atoms with Gasteiger partial charge in [-0.2, -0.15) is 0 Å². The van der Waals surface area contributed by atoms with E-state index in [0.717, 1.165) is 26.4 Å². The molecular formula is C12H28O2. The molecule has 0 saturated heterocycles. The smallest absolute Gasteiger partial charge is 0.0437 e. The summed E-state index contributed by atoms with van der Waals surface area (Å²) in [6, 6.07) is 0. The first kappa shape index (κ1) is 23.3. The first-order valence-electron chi connectivity index (χ1n) is 4.98. The van der Waals surface area contributed by atoms with Crippen LogP contribution in [0.25, 0.3) is 0 Å². The summed E-state index contributed by atoms with van der Waals surface area (Å²) in [7, 11) is 0. The topological polar surface area (TPSA) is 18.5 Å². The SMILES string of the molecule is C=C.C=C.CCOCC.CCOCC. The van der Waals surface area contributed by atoms with E-state index in [4.69, 9.17) is 9.47 Å². The molecule has 0 bridgehead atoms. The van der Waals surface area contributed by atoms with Crippen LogP contribution < -0.4 is 0 Å². The lowest BCUT2D eigenvalue weighted by Crippen LogP contribution is -1.84. The van der Waals surface area contributed by atoms with Crippen LogP contribution in [0.5, 0.6) is 0 Å². The van der Waals surface area contributed by atoms with E-state index in [-0.39, 0.29) is 0 Å². The molecule has 14 heavy (non-hydrogen) atoms. The minimum atomic E-state index is 0.844. The first-order chi connectivity index (χ1) is 6.83. The number of ether oxygens (including phenoxy) is 2. The molecule has 0 fully saturated rings. The van der Waals surface area contributed by atoms with Crippen molar-refractivity contribution >= 4 is 0 Å². The lowest BCUT2D eigenvalue weighted by molar-refractivity contribution is 0.162. The average Bonchev–Trinajstić information content (AvgIpc) is 2.27. The van der Waals surface area contributed by atoms with Crippen LogP contribution in [0, 0.1) is 0 Å². The molecule has 0 radical (unpaired) electrons. The van der Waals surface area contributed by atoms with Gasteiger partial charge in [-0.05, 0) is 27.7 Å². The molecule has 88 valence electrons. The molecule has 0 amide bonds. The molecule has 2 heteroatoms. The molecule has 0 aromatic rings. The second-order valence-corrected chi connectivity index (χ2v) is 1.56. The van der Waals surface area contributed by atoms with Gasteiger partial charge in [0.15, 0.2) is 0 Å². The highest BCUT2D eigenvalue weighted by atomic mass is 16.5. The summed E-state index contributed by atoms with van der Waals surface area (Å²) >= 11 is 0. The van der Waals surface area contributed by atoms with Gasteiger partial charge in [-0.25, -0.2) is 0 Å². The second-order valence-electron chi connectivity index (χ2n) is 1.56. The van der Waals surface area contributed by atoms with Gasteiger partial charge in [-0.15, -0.1) is 26.3 Å². The maximum atomic E-state index is 4.83. The Morgan fingerprint density at radius 1 is 0.571 bits per heavy atom. The van der Waals surface area contributed by atoms with Crippen LogP contribution in [0.2, 0.25) is 0 Å². The molecule has 0 saturated carbocycles. The van der Waals surface area contributed by atoms with E-state index >= 15 is 0 Å². The third-order valence-corrected chi connectivity index (χ3v) is 0.816. The minimum absolute atomic E-state index is 0.844. The highest BCUT2D eigenvalue weighted by Crippen LogP contribution is 1.64. The number of hydrogen-bond donors (Lipinski definition) is 0. The third-order valence-electron chi connectivity index (χ3n) is 0.816. The fourth-order valence-corrected chi connectivity index (χ4v) is 0.408. The standard InChI is InChI=1S/2C4H10O.2C2H4/c2*1-3-5-4-2;2*1-2/h2*3-4H2,1-2H3;2*1-2H2. The first-order valence-corrected chi connectivity index (χ1v) is 4.98. The van der Waals surface area contributed by atoms with E-state index in [1.807, 2.05) is 27.7 Å². The Balaban J connectivity index is -0.0000000528. The van der Waals surface area contributed by atoms with Crippen molar-refractivity contribution in [1.29, 1.82) is 0 Å². The quantitative estimate of drug-likeness (QED) is 0.650. The molecule has 0 aliphatic rings. The Bertz CT molecular complexity index is 44.3. The largest absolute Gasteiger partial charge is 0.382 e. The summed E-state index contributed by atoms with van der Waals surface area (Å²) in [6.45, 7) is 23.3. The lowest BCUT2D eigenvalue weighted by atomic mass is 10.8. The number of hydrogen-bond acceptors (Lipinski definition) is 2. The van der Waals surface area contributed by atoms with Crippen molar-refractivity contribution in [1.82, 2.24) is 0 Å². The molecule has 0 aromatic carbocycles. The summed E-state index contributed by atoms with van der Waals surface area (Å²) in [4.78, 5) is 0. The average molecular weight is 204 g/mol. The third kappa shape index (κ3) is 107. The summed E-state index contributed by atoms with van der Waals surface area (Å²) in [5, 5.41) is 0.